The highest BCUT2D eigenvalue weighted by molar-refractivity contribution is 5.97. The topological polar surface area (TPSA) is 115 Å². The molecule has 2 aromatic heterocycles. The molecule has 0 saturated carbocycles. The lowest BCUT2D eigenvalue weighted by atomic mass is 9.93. The van der Waals surface area contributed by atoms with Gasteiger partial charge in [0.25, 0.3) is 5.91 Å². The predicted octanol–water partition coefficient (Wildman–Crippen LogP) is 5.98. The van der Waals surface area contributed by atoms with Crippen LogP contribution in [0.2, 0.25) is 0 Å². The number of aromatic nitrogens is 3. The Morgan fingerprint density at radius 2 is 1.94 bits per heavy atom. The number of benzene rings is 2. The molecule has 0 aliphatic carbocycles. The number of halogens is 1. The van der Waals surface area contributed by atoms with E-state index in [0.717, 1.165) is 61.5 Å². The average Bonchev–Trinajstić information content (AvgIpc) is 3.43. The minimum atomic E-state index is -0.463. The number of piperidine rings is 1. The van der Waals surface area contributed by atoms with Crippen molar-refractivity contribution >= 4 is 16.9 Å². The van der Waals surface area contributed by atoms with Crippen LogP contribution in [0.4, 0.5) is 4.39 Å². The number of carbonyl (C=O) groups excluding carboxylic acids is 1. The van der Waals surface area contributed by atoms with E-state index in [9.17, 15) is 9.18 Å². The molecule has 0 bridgehead atoms. The van der Waals surface area contributed by atoms with Crippen molar-refractivity contribution in [1.29, 1.82) is 5.26 Å². The van der Waals surface area contributed by atoms with Crippen LogP contribution in [-0.2, 0) is 29.2 Å². The Kier molecular flexibility index (Phi) is 10.9. The molecule has 2 saturated heterocycles. The largest absolute Gasteiger partial charge is 0.473 e. The van der Waals surface area contributed by atoms with Gasteiger partial charge < -0.3 is 24.1 Å². The number of imidazole rings is 1. The number of fused-ring (bicyclic) bond motifs is 1. The first kappa shape index (κ1) is 34.5. The van der Waals surface area contributed by atoms with E-state index in [0.29, 0.717) is 49.9 Å². The van der Waals surface area contributed by atoms with Gasteiger partial charge in [0.05, 0.1) is 48.5 Å². The number of nitrogens with one attached hydrogen (secondary N) is 1. The van der Waals surface area contributed by atoms with Crippen molar-refractivity contribution < 1.29 is 23.4 Å². The number of ether oxygens (including phenoxy) is 3. The van der Waals surface area contributed by atoms with Crippen LogP contribution >= 0.6 is 0 Å². The summed E-state index contributed by atoms with van der Waals surface area (Å²) in [4.78, 5) is 25.4. The van der Waals surface area contributed by atoms with E-state index < -0.39 is 5.82 Å². The van der Waals surface area contributed by atoms with Crippen LogP contribution in [0, 0.1) is 22.6 Å². The first-order chi connectivity index (χ1) is 23.7. The molecule has 10 nitrogen and oxygen atoms in total. The molecule has 2 fully saturated rings. The molecular formula is C38H45FN6O4. The van der Waals surface area contributed by atoms with Crippen LogP contribution in [0.15, 0.2) is 54.6 Å². The van der Waals surface area contributed by atoms with E-state index in [4.69, 9.17) is 29.4 Å². The Morgan fingerprint density at radius 3 is 2.65 bits per heavy atom. The number of likely N-dealkylation sites (tertiary alicyclic amines) is 1. The van der Waals surface area contributed by atoms with Crippen LogP contribution in [-0.4, -0.2) is 70.9 Å². The molecule has 11 heteroatoms. The zero-order valence-electron chi connectivity index (χ0n) is 28.6. The molecule has 2 aromatic carbocycles. The lowest BCUT2D eigenvalue weighted by Crippen LogP contribution is -2.36. The minimum absolute atomic E-state index is 0.0398. The second kappa shape index (κ2) is 15.5. The Bertz CT molecular complexity index is 1810. The highest BCUT2D eigenvalue weighted by atomic mass is 19.1. The number of nitriles is 1. The molecule has 1 atom stereocenters. The average molecular weight is 669 g/mol. The van der Waals surface area contributed by atoms with Gasteiger partial charge in [-0.1, -0.05) is 26.0 Å². The van der Waals surface area contributed by atoms with Gasteiger partial charge in [0, 0.05) is 54.0 Å². The highest BCUT2D eigenvalue weighted by Crippen LogP contribution is 2.30. The van der Waals surface area contributed by atoms with E-state index in [-0.39, 0.29) is 35.5 Å². The molecular weight excluding hydrogens is 623 g/mol. The van der Waals surface area contributed by atoms with Gasteiger partial charge in [-0.2, -0.15) is 5.26 Å². The molecule has 4 aromatic rings. The third-order valence-electron chi connectivity index (χ3n) is 9.37. The smallest absolute Gasteiger partial charge is 0.251 e. The Morgan fingerprint density at radius 1 is 1.12 bits per heavy atom. The van der Waals surface area contributed by atoms with Gasteiger partial charge in [0.15, 0.2) is 0 Å². The molecule has 4 heterocycles. The summed E-state index contributed by atoms with van der Waals surface area (Å²) in [6.45, 7) is 11.9. The SMILES string of the molecule is CCOCC(C)(C)CNC(=O)c1ccc2nc(CN3CCC(c4cccc(OCc5ccc(C#N)cc5F)n4)CC3)n(CC3CCO3)c2c1. The number of hydrogen-bond acceptors (Lipinski definition) is 8. The van der Waals surface area contributed by atoms with Crippen molar-refractivity contribution in [3.63, 3.8) is 0 Å². The van der Waals surface area contributed by atoms with Crippen molar-refractivity contribution in [1.82, 2.24) is 24.8 Å². The molecule has 2 aliphatic rings. The summed E-state index contributed by atoms with van der Waals surface area (Å²) in [5.74, 6) is 1.15. The Labute approximate surface area is 287 Å². The maximum Gasteiger partial charge on any atom is 0.251 e. The normalized spacial score (nSPS) is 17.1. The number of rotatable bonds is 14. The molecule has 0 spiro atoms. The summed E-state index contributed by atoms with van der Waals surface area (Å²) in [5.41, 5.74) is 3.90. The monoisotopic (exact) mass is 668 g/mol. The van der Waals surface area contributed by atoms with Crippen LogP contribution in [0.1, 0.15) is 79.0 Å². The fraction of sp³-hybridized carbons (Fsp3) is 0.474. The second-order valence-electron chi connectivity index (χ2n) is 13.8. The van der Waals surface area contributed by atoms with Crippen LogP contribution in [0.25, 0.3) is 11.0 Å². The zero-order chi connectivity index (χ0) is 34.4. The molecule has 1 unspecified atom stereocenters. The maximum atomic E-state index is 14.3. The fourth-order valence-corrected chi connectivity index (χ4v) is 6.33. The van der Waals surface area contributed by atoms with Crippen LogP contribution in [0.3, 0.4) is 0 Å². The van der Waals surface area contributed by atoms with E-state index in [1.165, 1.54) is 6.07 Å². The Balaban J connectivity index is 1.09. The van der Waals surface area contributed by atoms with Gasteiger partial charge in [-0.25, -0.2) is 14.4 Å². The number of pyridine rings is 1. The Hall–Kier alpha value is -4.37. The minimum Gasteiger partial charge on any atom is -0.473 e. The summed E-state index contributed by atoms with van der Waals surface area (Å²) in [6, 6.07) is 17.8. The summed E-state index contributed by atoms with van der Waals surface area (Å²) < 4.78 is 33.8. The summed E-state index contributed by atoms with van der Waals surface area (Å²) in [6.07, 6.45) is 3.04. The molecule has 0 radical (unpaired) electrons. The third-order valence-corrected chi connectivity index (χ3v) is 9.37. The van der Waals surface area contributed by atoms with E-state index in [1.807, 2.05) is 43.3 Å². The number of carbonyl (C=O) groups is 1. The van der Waals surface area contributed by atoms with E-state index >= 15 is 0 Å². The van der Waals surface area contributed by atoms with Gasteiger partial charge in [-0.15, -0.1) is 0 Å². The van der Waals surface area contributed by atoms with E-state index in [1.54, 1.807) is 18.2 Å². The number of nitrogens with zero attached hydrogens (tertiary/aromatic N) is 5. The molecule has 1 amide bonds. The number of hydrogen-bond donors (Lipinski definition) is 1. The molecule has 1 N–H and O–H groups in total. The standard InChI is InChI=1S/C38H45FN6O4/c1-4-47-25-38(2,3)24-41-37(46)28-10-11-33-34(19-28)45(21-30-14-17-48-30)35(42-33)22-44-15-12-27(13-16-44)32-6-5-7-36(43-32)49-23-29-9-8-26(20-40)18-31(29)39/h5-11,18-19,27,30H,4,12-17,21-25H2,1-3H3,(H,41,46). The summed E-state index contributed by atoms with van der Waals surface area (Å²) in [7, 11) is 0. The quantitative estimate of drug-likeness (QED) is 0.175. The van der Waals surface area contributed by atoms with Gasteiger partial charge in [-0.3, -0.25) is 9.69 Å². The van der Waals surface area contributed by atoms with Crippen LogP contribution < -0.4 is 10.1 Å². The van der Waals surface area contributed by atoms with Gasteiger partial charge in [-0.05, 0) is 75.7 Å². The molecule has 258 valence electrons. The lowest BCUT2D eigenvalue weighted by Gasteiger charge is -2.32. The van der Waals surface area contributed by atoms with Crippen molar-refractivity contribution in [3.8, 4) is 11.9 Å². The second-order valence-corrected chi connectivity index (χ2v) is 13.8. The van der Waals surface area contributed by atoms with Gasteiger partial charge in [0.1, 0.15) is 18.2 Å². The summed E-state index contributed by atoms with van der Waals surface area (Å²) in [5, 5.41) is 12.1. The molecule has 2 aliphatic heterocycles. The van der Waals surface area contributed by atoms with Crippen LogP contribution in [0.5, 0.6) is 5.88 Å². The zero-order valence-corrected chi connectivity index (χ0v) is 28.6. The fourth-order valence-electron chi connectivity index (χ4n) is 6.33. The van der Waals surface area contributed by atoms with Crippen molar-refractivity contribution in [3.05, 3.63) is 88.6 Å². The van der Waals surface area contributed by atoms with E-state index in [2.05, 4.69) is 28.6 Å². The van der Waals surface area contributed by atoms with Gasteiger partial charge >= 0.3 is 0 Å². The molecule has 6 rings (SSSR count). The van der Waals surface area contributed by atoms with Crippen molar-refractivity contribution in [2.45, 2.75) is 71.8 Å². The van der Waals surface area contributed by atoms with Crippen molar-refractivity contribution in [2.75, 3.05) is 39.5 Å². The van der Waals surface area contributed by atoms with Crippen molar-refractivity contribution in [2.24, 2.45) is 5.41 Å². The molecule has 49 heavy (non-hydrogen) atoms. The predicted molar refractivity (Wildman–Crippen MR) is 184 cm³/mol. The van der Waals surface area contributed by atoms with Gasteiger partial charge in [0.2, 0.25) is 5.88 Å². The third kappa shape index (κ3) is 8.63. The first-order valence-electron chi connectivity index (χ1n) is 17.2. The summed E-state index contributed by atoms with van der Waals surface area (Å²) >= 11 is 0. The lowest BCUT2D eigenvalue weighted by molar-refractivity contribution is -0.0592. The maximum absolute atomic E-state index is 14.3. The highest BCUT2D eigenvalue weighted by Gasteiger charge is 2.27. The first-order valence-corrected chi connectivity index (χ1v) is 17.2. The number of amides is 1.